The monoisotopic (exact) mass is 322 g/mol. The van der Waals surface area contributed by atoms with Crippen LogP contribution in [0.5, 0.6) is 5.75 Å². The summed E-state index contributed by atoms with van der Waals surface area (Å²) in [6.45, 7) is 2.30. The van der Waals surface area contributed by atoms with Gasteiger partial charge in [0.2, 0.25) is 0 Å². The van der Waals surface area contributed by atoms with Gasteiger partial charge in [0.05, 0.1) is 7.11 Å². The Morgan fingerprint density at radius 1 is 1.08 bits per heavy atom. The number of rotatable bonds is 5. The van der Waals surface area contributed by atoms with Gasteiger partial charge in [-0.1, -0.05) is 50.1 Å². The minimum absolute atomic E-state index is 0.0383. The summed E-state index contributed by atoms with van der Waals surface area (Å²) in [4.78, 5) is 13.2. The summed E-state index contributed by atoms with van der Waals surface area (Å²) in [6, 6.07) is 18.1. The number of ketones is 1. The van der Waals surface area contributed by atoms with Gasteiger partial charge in [-0.15, -0.1) is 0 Å². The minimum atomic E-state index is 0.0383. The number of carbonyl (C=O) groups excluding carboxylic acids is 1. The molecule has 0 saturated heterocycles. The summed E-state index contributed by atoms with van der Waals surface area (Å²) < 4.78 is 5.20. The first kappa shape index (κ1) is 16.8. The van der Waals surface area contributed by atoms with E-state index in [0.29, 0.717) is 0 Å². The van der Waals surface area contributed by atoms with E-state index >= 15 is 0 Å². The van der Waals surface area contributed by atoms with Crippen molar-refractivity contribution in [3.05, 3.63) is 65.7 Å². The molecule has 1 fully saturated rings. The Kier molecular flexibility index (Phi) is 5.03. The van der Waals surface area contributed by atoms with E-state index in [1.807, 2.05) is 30.3 Å². The molecule has 1 saturated carbocycles. The maximum Gasteiger partial charge on any atom is 0.166 e. The number of ether oxygens (including phenoxy) is 1. The second kappa shape index (κ2) is 7.21. The molecular formula is C22H26O2. The van der Waals surface area contributed by atoms with Crippen molar-refractivity contribution in [3.8, 4) is 5.75 Å². The van der Waals surface area contributed by atoms with Gasteiger partial charge < -0.3 is 4.74 Å². The van der Waals surface area contributed by atoms with Crippen molar-refractivity contribution in [1.82, 2.24) is 0 Å². The molecule has 0 radical (unpaired) electrons. The zero-order valence-corrected chi connectivity index (χ0v) is 14.6. The van der Waals surface area contributed by atoms with Crippen LogP contribution in [-0.4, -0.2) is 12.9 Å². The van der Waals surface area contributed by atoms with Crippen molar-refractivity contribution in [2.75, 3.05) is 7.11 Å². The van der Waals surface area contributed by atoms with Gasteiger partial charge in [-0.2, -0.15) is 0 Å². The lowest BCUT2D eigenvalue weighted by atomic mass is 9.62. The molecule has 2 nitrogen and oxygen atoms in total. The van der Waals surface area contributed by atoms with Crippen molar-refractivity contribution in [3.63, 3.8) is 0 Å². The Morgan fingerprint density at radius 3 is 2.46 bits per heavy atom. The number of carbonyl (C=O) groups is 1. The highest BCUT2D eigenvalue weighted by atomic mass is 16.5. The average Bonchev–Trinajstić information content (AvgIpc) is 2.62. The fraction of sp³-hybridized carbons (Fsp3) is 0.409. The van der Waals surface area contributed by atoms with E-state index in [2.05, 4.69) is 31.2 Å². The van der Waals surface area contributed by atoms with E-state index in [1.54, 1.807) is 7.11 Å². The van der Waals surface area contributed by atoms with Crippen LogP contribution in [-0.2, 0) is 6.42 Å². The molecular weight excluding hydrogens is 296 g/mol. The van der Waals surface area contributed by atoms with Crippen molar-refractivity contribution in [2.45, 2.75) is 39.0 Å². The number of benzene rings is 2. The highest BCUT2D eigenvalue weighted by Crippen LogP contribution is 2.45. The molecule has 0 aliphatic heterocycles. The molecule has 0 heterocycles. The van der Waals surface area contributed by atoms with Crippen LogP contribution in [0.2, 0.25) is 0 Å². The van der Waals surface area contributed by atoms with E-state index < -0.39 is 0 Å². The first-order valence-electron chi connectivity index (χ1n) is 8.84. The number of methoxy groups -OCH3 is 1. The molecule has 2 heteroatoms. The Hall–Kier alpha value is -2.09. The first-order chi connectivity index (χ1) is 11.6. The Balaban J connectivity index is 1.83. The molecule has 2 aromatic rings. The normalized spacial score (nSPS) is 23.7. The first-order valence-corrected chi connectivity index (χ1v) is 8.84. The summed E-state index contributed by atoms with van der Waals surface area (Å²) in [5.74, 6) is 1.18. The lowest BCUT2D eigenvalue weighted by Crippen LogP contribution is -2.38. The van der Waals surface area contributed by atoms with E-state index in [-0.39, 0.29) is 17.1 Å². The predicted octanol–water partition coefficient (Wildman–Crippen LogP) is 5.32. The fourth-order valence-electron chi connectivity index (χ4n) is 4.08. The second-order valence-corrected chi connectivity index (χ2v) is 7.21. The Morgan fingerprint density at radius 2 is 1.79 bits per heavy atom. The fourth-order valence-corrected chi connectivity index (χ4v) is 4.08. The molecule has 2 aromatic carbocycles. The highest BCUT2D eigenvalue weighted by Gasteiger charge is 2.40. The molecule has 24 heavy (non-hydrogen) atoms. The number of Topliss-reactive ketones (excluding diaryl/α,β-unsaturated/α-hetero) is 1. The van der Waals surface area contributed by atoms with Crippen LogP contribution in [0, 0.1) is 11.3 Å². The van der Waals surface area contributed by atoms with Crippen molar-refractivity contribution in [2.24, 2.45) is 11.3 Å². The van der Waals surface area contributed by atoms with Crippen molar-refractivity contribution >= 4 is 5.78 Å². The van der Waals surface area contributed by atoms with Crippen molar-refractivity contribution in [1.29, 1.82) is 0 Å². The highest BCUT2D eigenvalue weighted by molar-refractivity contribution is 5.98. The van der Waals surface area contributed by atoms with Gasteiger partial charge in [-0.05, 0) is 54.5 Å². The van der Waals surface area contributed by atoms with Gasteiger partial charge in [-0.3, -0.25) is 4.79 Å². The van der Waals surface area contributed by atoms with E-state index in [9.17, 15) is 4.79 Å². The molecule has 0 aromatic heterocycles. The third kappa shape index (κ3) is 3.53. The van der Waals surface area contributed by atoms with Gasteiger partial charge in [0.15, 0.2) is 5.78 Å². The maximum absolute atomic E-state index is 13.2. The van der Waals surface area contributed by atoms with Crippen LogP contribution in [0.25, 0.3) is 0 Å². The quantitative estimate of drug-likeness (QED) is 0.697. The molecule has 1 aliphatic carbocycles. The molecule has 0 unspecified atom stereocenters. The Labute approximate surface area is 144 Å². The van der Waals surface area contributed by atoms with E-state index in [0.717, 1.165) is 37.0 Å². The van der Waals surface area contributed by atoms with Gasteiger partial charge in [0.25, 0.3) is 0 Å². The lowest BCUT2D eigenvalue weighted by molar-refractivity contribution is 0.0647. The second-order valence-electron chi connectivity index (χ2n) is 7.21. The summed E-state index contributed by atoms with van der Waals surface area (Å²) in [5, 5.41) is 0. The van der Waals surface area contributed by atoms with Gasteiger partial charge in [-0.25, -0.2) is 0 Å². The SMILES string of the molecule is COc1ccc(C(=O)[C@H]2CCCC[C@@]2(C)Cc2ccccc2)cc1. The summed E-state index contributed by atoms with van der Waals surface area (Å²) in [5.41, 5.74) is 2.17. The third-order valence-corrected chi connectivity index (χ3v) is 5.47. The third-order valence-electron chi connectivity index (χ3n) is 5.47. The van der Waals surface area contributed by atoms with Crippen LogP contribution in [0.4, 0.5) is 0 Å². The summed E-state index contributed by atoms with van der Waals surface area (Å²) in [7, 11) is 1.65. The predicted molar refractivity (Wildman–Crippen MR) is 97.5 cm³/mol. The van der Waals surface area contributed by atoms with Gasteiger partial charge >= 0.3 is 0 Å². The minimum Gasteiger partial charge on any atom is -0.497 e. The zero-order valence-electron chi connectivity index (χ0n) is 14.6. The van der Waals surface area contributed by atoms with Crippen LogP contribution in [0.3, 0.4) is 0 Å². The molecule has 0 amide bonds. The van der Waals surface area contributed by atoms with E-state index in [1.165, 1.54) is 12.0 Å². The number of hydrogen-bond donors (Lipinski definition) is 0. The topological polar surface area (TPSA) is 26.3 Å². The van der Waals surface area contributed by atoms with E-state index in [4.69, 9.17) is 4.74 Å². The molecule has 3 rings (SSSR count). The average molecular weight is 322 g/mol. The molecule has 0 N–H and O–H groups in total. The van der Waals surface area contributed by atoms with Gasteiger partial charge in [0, 0.05) is 11.5 Å². The maximum atomic E-state index is 13.2. The molecule has 1 aliphatic rings. The molecule has 0 bridgehead atoms. The molecule has 0 spiro atoms. The van der Waals surface area contributed by atoms with Crippen LogP contribution in [0.15, 0.2) is 54.6 Å². The summed E-state index contributed by atoms with van der Waals surface area (Å²) >= 11 is 0. The van der Waals surface area contributed by atoms with Gasteiger partial charge in [0.1, 0.15) is 5.75 Å². The molecule has 126 valence electrons. The zero-order chi connectivity index (χ0) is 17.0. The Bertz CT molecular complexity index is 675. The largest absolute Gasteiger partial charge is 0.497 e. The lowest BCUT2D eigenvalue weighted by Gasteiger charge is -2.41. The standard InChI is InChI=1S/C22H26O2/c1-22(16-17-8-4-3-5-9-17)15-7-6-10-20(22)21(23)18-11-13-19(24-2)14-12-18/h3-5,8-9,11-14,20H,6-7,10,15-16H2,1-2H3/t20-,22+/m1/s1. The number of hydrogen-bond acceptors (Lipinski definition) is 2. The molecule has 2 atom stereocenters. The van der Waals surface area contributed by atoms with Crippen molar-refractivity contribution < 1.29 is 9.53 Å². The van der Waals surface area contributed by atoms with Crippen LogP contribution in [0.1, 0.15) is 48.5 Å². The smallest absolute Gasteiger partial charge is 0.166 e. The van der Waals surface area contributed by atoms with Crippen LogP contribution < -0.4 is 4.74 Å². The summed E-state index contributed by atoms with van der Waals surface area (Å²) in [6.07, 6.45) is 5.45. The van der Waals surface area contributed by atoms with Crippen LogP contribution >= 0.6 is 0 Å².